The highest BCUT2D eigenvalue weighted by Gasteiger charge is 2.23. The number of ether oxygens (including phenoxy) is 1. The van der Waals surface area contributed by atoms with Gasteiger partial charge in [-0.3, -0.25) is 14.9 Å². The fraction of sp³-hybridized carbons (Fsp3) is 0.250. The molecule has 2 N–H and O–H groups in total. The molecule has 0 unspecified atom stereocenters. The van der Waals surface area contributed by atoms with E-state index in [1.165, 1.54) is 0 Å². The van der Waals surface area contributed by atoms with Crippen molar-refractivity contribution >= 4 is 74.7 Å². The Kier molecular flexibility index (Phi) is 9.81. The normalized spacial score (nSPS) is 13.1. The highest BCUT2D eigenvalue weighted by atomic mass is 127. The number of thiocarbonyl (C=S) groups is 1. The number of amides is 2. The first kappa shape index (κ1) is 28.1. The molecular formula is C28H28ClIN4O3S. The van der Waals surface area contributed by atoms with Crippen molar-refractivity contribution in [2.24, 2.45) is 0 Å². The summed E-state index contributed by atoms with van der Waals surface area (Å²) in [6, 6.07) is 20.1. The Labute approximate surface area is 246 Å². The summed E-state index contributed by atoms with van der Waals surface area (Å²) in [5.74, 6) is 0.505. The average molecular weight is 663 g/mol. The molecule has 0 atom stereocenters. The molecule has 1 heterocycles. The predicted molar refractivity (Wildman–Crippen MR) is 165 cm³/mol. The summed E-state index contributed by atoms with van der Waals surface area (Å²) in [5, 5.41) is 6.46. The zero-order valence-corrected chi connectivity index (χ0v) is 24.6. The summed E-state index contributed by atoms with van der Waals surface area (Å²) in [6.07, 6.45) is 0.939. The van der Waals surface area contributed by atoms with Crippen molar-refractivity contribution in [2.75, 3.05) is 43.0 Å². The molecule has 1 fully saturated rings. The Bertz CT molecular complexity index is 1310. The first-order valence-corrected chi connectivity index (χ1v) is 14.1. The average Bonchev–Trinajstić information content (AvgIpc) is 2.92. The van der Waals surface area contributed by atoms with E-state index in [9.17, 15) is 9.59 Å². The van der Waals surface area contributed by atoms with E-state index in [2.05, 4.69) is 45.0 Å². The smallest absolute Gasteiger partial charge is 0.257 e. The third kappa shape index (κ3) is 7.36. The third-order valence-corrected chi connectivity index (χ3v) is 7.18. The minimum atomic E-state index is -0.281. The molecule has 10 heteroatoms. The Morgan fingerprint density at radius 3 is 2.39 bits per heavy atom. The lowest BCUT2D eigenvalue weighted by molar-refractivity contribution is 0.0746. The van der Waals surface area contributed by atoms with Crippen molar-refractivity contribution in [1.29, 1.82) is 0 Å². The maximum atomic E-state index is 13.0. The molecule has 1 aliphatic heterocycles. The minimum absolute atomic E-state index is 0.0121. The number of nitrogens with zero attached hydrogens (tertiary/aromatic N) is 2. The van der Waals surface area contributed by atoms with E-state index in [4.69, 9.17) is 28.6 Å². The Hall–Kier alpha value is -2.89. The highest BCUT2D eigenvalue weighted by molar-refractivity contribution is 14.1. The van der Waals surface area contributed by atoms with Crippen LogP contribution in [0.25, 0.3) is 0 Å². The van der Waals surface area contributed by atoms with Gasteiger partial charge < -0.3 is 19.9 Å². The lowest BCUT2D eigenvalue weighted by Gasteiger charge is -2.36. The summed E-state index contributed by atoms with van der Waals surface area (Å²) in [7, 11) is 0. The molecule has 1 aliphatic rings. The molecule has 1 saturated heterocycles. The lowest BCUT2D eigenvalue weighted by Crippen LogP contribution is -2.48. The first-order valence-electron chi connectivity index (χ1n) is 12.3. The second-order valence-electron chi connectivity index (χ2n) is 8.74. The largest absolute Gasteiger partial charge is 0.494 e. The molecule has 3 aromatic rings. The number of hydrogen-bond donors (Lipinski definition) is 2. The van der Waals surface area contributed by atoms with Gasteiger partial charge in [0.05, 0.1) is 17.3 Å². The molecule has 0 aromatic heterocycles. The number of hydrogen-bond acceptors (Lipinski definition) is 5. The van der Waals surface area contributed by atoms with Crippen LogP contribution in [0.15, 0.2) is 66.7 Å². The van der Waals surface area contributed by atoms with Crippen LogP contribution in [0, 0.1) is 3.57 Å². The maximum absolute atomic E-state index is 13.0. The Morgan fingerprint density at radius 2 is 1.74 bits per heavy atom. The van der Waals surface area contributed by atoms with Crippen LogP contribution in [0.4, 0.5) is 11.4 Å². The van der Waals surface area contributed by atoms with E-state index in [1.54, 1.807) is 18.2 Å². The van der Waals surface area contributed by atoms with E-state index >= 15 is 0 Å². The zero-order valence-electron chi connectivity index (χ0n) is 20.9. The van der Waals surface area contributed by atoms with Crippen LogP contribution in [-0.2, 0) is 0 Å². The number of rotatable bonds is 7. The van der Waals surface area contributed by atoms with Gasteiger partial charge in [-0.2, -0.15) is 0 Å². The van der Waals surface area contributed by atoms with Gasteiger partial charge in [-0.25, -0.2) is 0 Å². The van der Waals surface area contributed by atoms with Crippen LogP contribution >= 0.6 is 46.4 Å². The topological polar surface area (TPSA) is 73.9 Å². The quantitative estimate of drug-likeness (QED) is 0.245. The van der Waals surface area contributed by atoms with Gasteiger partial charge in [-0.05, 0) is 102 Å². The summed E-state index contributed by atoms with van der Waals surface area (Å²) in [6.45, 7) is 5.24. The van der Waals surface area contributed by atoms with Gasteiger partial charge in [0.2, 0.25) is 0 Å². The number of carbonyl (C=O) groups excluding carboxylic acids is 2. The first-order chi connectivity index (χ1) is 18.3. The number of halogens is 2. The molecule has 0 saturated carbocycles. The standard InChI is InChI=1S/C28H28ClIN4O3S/c1-2-16-37-23-9-6-19(7-10-23)27(36)34-14-12-33(13-15-34)25-11-8-22(18-24(25)29)31-28(38)32-26(35)20-4-3-5-21(30)17-20/h3-11,17-18H,2,12-16H2,1H3,(H2,31,32,35,38). The van der Waals surface area contributed by atoms with Crippen molar-refractivity contribution in [1.82, 2.24) is 10.2 Å². The van der Waals surface area contributed by atoms with Crippen molar-refractivity contribution < 1.29 is 14.3 Å². The lowest BCUT2D eigenvalue weighted by atomic mass is 10.1. The zero-order chi connectivity index (χ0) is 27.1. The van der Waals surface area contributed by atoms with Gasteiger partial charge in [0.1, 0.15) is 5.75 Å². The van der Waals surface area contributed by atoms with E-state index in [-0.39, 0.29) is 16.9 Å². The second-order valence-corrected chi connectivity index (χ2v) is 10.8. The fourth-order valence-corrected chi connectivity index (χ4v) is 5.11. The van der Waals surface area contributed by atoms with Gasteiger partial charge in [-0.1, -0.05) is 24.6 Å². The molecule has 7 nitrogen and oxygen atoms in total. The predicted octanol–water partition coefficient (Wildman–Crippen LogP) is 5.82. The summed E-state index contributed by atoms with van der Waals surface area (Å²) in [5.41, 5.74) is 2.74. The molecule has 38 heavy (non-hydrogen) atoms. The van der Waals surface area contributed by atoms with Crippen molar-refractivity contribution in [3.8, 4) is 5.75 Å². The second kappa shape index (κ2) is 13.3. The molecule has 198 valence electrons. The minimum Gasteiger partial charge on any atom is -0.494 e. The van der Waals surface area contributed by atoms with Crippen LogP contribution in [0.3, 0.4) is 0 Å². The number of carbonyl (C=O) groups is 2. The number of nitrogens with one attached hydrogen (secondary N) is 2. The number of anilines is 2. The van der Waals surface area contributed by atoms with Gasteiger partial charge in [0.25, 0.3) is 11.8 Å². The van der Waals surface area contributed by atoms with Crippen molar-refractivity contribution in [3.05, 3.63) is 86.4 Å². The van der Waals surface area contributed by atoms with Crippen molar-refractivity contribution in [3.63, 3.8) is 0 Å². The SMILES string of the molecule is CCCOc1ccc(C(=O)N2CCN(c3ccc(NC(=S)NC(=O)c4cccc(I)c4)cc3Cl)CC2)cc1. The van der Waals surface area contributed by atoms with Crippen LogP contribution < -0.4 is 20.3 Å². The third-order valence-electron chi connectivity index (χ3n) is 6.00. The van der Waals surface area contributed by atoms with Crippen LogP contribution in [-0.4, -0.2) is 54.6 Å². The van der Waals surface area contributed by atoms with Gasteiger partial charge >= 0.3 is 0 Å². The van der Waals surface area contributed by atoms with Crippen molar-refractivity contribution in [2.45, 2.75) is 13.3 Å². The molecule has 0 radical (unpaired) electrons. The maximum Gasteiger partial charge on any atom is 0.257 e. The summed E-state index contributed by atoms with van der Waals surface area (Å²) < 4.78 is 6.57. The fourth-order valence-electron chi connectivity index (χ4n) is 4.06. The van der Waals surface area contributed by atoms with Gasteiger partial charge in [0.15, 0.2) is 5.11 Å². The number of benzene rings is 3. The number of piperazine rings is 1. The van der Waals surface area contributed by atoms with E-state index in [1.807, 2.05) is 53.4 Å². The van der Waals surface area contributed by atoms with E-state index in [0.29, 0.717) is 54.6 Å². The summed E-state index contributed by atoms with van der Waals surface area (Å²) >= 11 is 14.1. The molecule has 3 aromatic carbocycles. The molecule has 4 rings (SSSR count). The monoisotopic (exact) mass is 662 g/mol. The molecule has 2 amide bonds. The molecule has 0 aliphatic carbocycles. The molecule has 0 spiro atoms. The summed E-state index contributed by atoms with van der Waals surface area (Å²) in [4.78, 5) is 29.4. The van der Waals surface area contributed by atoms with Gasteiger partial charge in [0, 0.05) is 46.6 Å². The van der Waals surface area contributed by atoms with E-state index in [0.717, 1.165) is 21.4 Å². The van der Waals surface area contributed by atoms with E-state index < -0.39 is 0 Å². The Morgan fingerprint density at radius 1 is 1.00 bits per heavy atom. The van der Waals surface area contributed by atoms with Crippen LogP contribution in [0.5, 0.6) is 5.75 Å². The molecular weight excluding hydrogens is 635 g/mol. The molecule has 0 bridgehead atoms. The Balaban J connectivity index is 1.30. The highest BCUT2D eigenvalue weighted by Crippen LogP contribution is 2.30. The van der Waals surface area contributed by atoms with Crippen LogP contribution in [0.2, 0.25) is 5.02 Å². The van der Waals surface area contributed by atoms with Gasteiger partial charge in [-0.15, -0.1) is 0 Å². The van der Waals surface area contributed by atoms with Crippen LogP contribution in [0.1, 0.15) is 34.1 Å².